The second-order valence-corrected chi connectivity index (χ2v) is 5.31. The van der Waals surface area contributed by atoms with E-state index in [1.54, 1.807) is 0 Å². The van der Waals surface area contributed by atoms with Gasteiger partial charge in [0, 0.05) is 18.7 Å². The molecule has 1 atom stereocenters. The standard InChI is InChI=1S/C16H25NO/c1-3-12-17(13-4-2)16(18)11-7-9-14-8-5-6-10-15(14)16/h5-6,8,10,18H,3-4,7,9,11-13H2,1-2H3. The first-order valence-electron chi connectivity index (χ1n) is 7.28. The molecule has 0 aliphatic heterocycles. The molecular weight excluding hydrogens is 222 g/mol. The summed E-state index contributed by atoms with van der Waals surface area (Å²) in [5.74, 6) is 0. The molecule has 0 aromatic heterocycles. The van der Waals surface area contributed by atoms with Crippen LogP contribution in [0.1, 0.15) is 50.7 Å². The van der Waals surface area contributed by atoms with Crippen LogP contribution in [0.15, 0.2) is 24.3 Å². The van der Waals surface area contributed by atoms with E-state index in [-0.39, 0.29) is 0 Å². The maximum absolute atomic E-state index is 11.2. The fraction of sp³-hybridized carbons (Fsp3) is 0.625. The van der Waals surface area contributed by atoms with Crippen LogP contribution in [-0.4, -0.2) is 23.1 Å². The summed E-state index contributed by atoms with van der Waals surface area (Å²) in [4.78, 5) is 2.27. The summed E-state index contributed by atoms with van der Waals surface area (Å²) >= 11 is 0. The topological polar surface area (TPSA) is 23.5 Å². The Bertz CT molecular complexity index is 384. The van der Waals surface area contributed by atoms with Gasteiger partial charge < -0.3 is 5.11 Å². The van der Waals surface area contributed by atoms with Crippen LogP contribution < -0.4 is 0 Å². The number of hydrogen-bond acceptors (Lipinski definition) is 2. The van der Waals surface area contributed by atoms with Crippen molar-refractivity contribution in [3.8, 4) is 0 Å². The van der Waals surface area contributed by atoms with Crippen LogP contribution in [0.4, 0.5) is 0 Å². The molecule has 1 unspecified atom stereocenters. The second-order valence-electron chi connectivity index (χ2n) is 5.31. The van der Waals surface area contributed by atoms with Crippen molar-refractivity contribution in [1.82, 2.24) is 4.90 Å². The van der Waals surface area contributed by atoms with Crippen LogP contribution in [0.2, 0.25) is 0 Å². The third kappa shape index (κ3) is 2.45. The maximum atomic E-state index is 11.2. The Hall–Kier alpha value is -0.860. The lowest BCUT2D eigenvalue weighted by Crippen LogP contribution is -2.49. The molecule has 0 saturated heterocycles. The monoisotopic (exact) mass is 247 g/mol. The first kappa shape index (κ1) is 13.6. The molecule has 2 heteroatoms. The molecule has 1 aliphatic carbocycles. The highest BCUT2D eigenvalue weighted by atomic mass is 16.3. The lowest BCUT2D eigenvalue weighted by Gasteiger charge is -2.43. The molecule has 100 valence electrons. The smallest absolute Gasteiger partial charge is 0.144 e. The van der Waals surface area contributed by atoms with E-state index >= 15 is 0 Å². The van der Waals surface area contributed by atoms with Crippen molar-refractivity contribution < 1.29 is 5.11 Å². The van der Waals surface area contributed by atoms with E-state index in [2.05, 4.69) is 36.9 Å². The van der Waals surface area contributed by atoms with E-state index in [0.717, 1.165) is 50.8 Å². The molecule has 0 bridgehead atoms. The Morgan fingerprint density at radius 3 is 2.50 bits per heavy atom. The number of nitrogens with zero attached hydrogens (tertiary/aromatic N) is 1. The minimum absolute atomic E-state index is 0.735. The average Bonchev–Trinajstić information content (AvgIpc) is 2.39. The van der Waals surface area contributed by atoms with Crippen LogP contribution in [0, 0.1) is 0 Å². The van der Waals surface area contributed by atoms with Crippen molar-refractivity contribution >= 4 is 0 Å². The first-order chi connectivity index (χ1) is 8.72. The van der Waals surface area contributed by atoms with Gasteiger partial charge in [0.2, 0.25) is 0 Å². The SMILES string of the molecule is CCCN(CCC)C1(O)CCCc2ccccc21. The zero-order valence-electron chi connectivity index (χ0n) is 11.7. The third-order valence-electron chi connectivity index (χ3n) is 3.93. The molecule has 1 aliphatic rings. The van der Waals surface area contributed by atoms with Crippen molar-refractivity contribution in [3.05, 3.63) is 35.4 Å². The van der Waals surface area contributed by atoms with Gasteiger partial charge in [0.05, 0.1) is 0 Å². The quantitative estimate of drug-likeness (QED) is 0.807. The van der Waals surface area contributed by atoms with Gasteiger partial charge in [-0.2, -0.15) is 0 Å². The molecule has 2 rings (SSSR count). The van der Waals surface area contributed by atoms with Crippen molar-refractivity contribution in [1.29, 1.82) is 0 Å². The van der Waals surface area contributed by atoms with Crippen molar-refractivity contribution in [2.24, 2.45) is 0 Å². The number of aliphatic hydroxyl groups is 1. The zero-order valence-corrected chi connectivity index (χ0v) is 11.7. The summed E-state index contributed by atoms with van der Waals surface area (Å²) in [5, 5.41) is 11.2. The van der Waals surface area contributed by atoms with Crippen LogP contribution >= 0.6 is 0 Å². The molecule has 18 heavy (non-hydrogen) atoms. The highest BCUT2D eigenvalue weighted by molar-refractivity contribution is 5.34. The van der Waals surface area contributed by atoms with Gasteiger partial charge in [-0.05, 0) is 37.7 Å². The van der Waals surface area contributed by atoms with Crippen molar-refractivity contribution in [2.75, 3.05) is 13.1 Å². The highest BCUT2D eigenvalue weighted by Gasteiger charge is 2.38. The normalized spacial score (nSPS) is 23.1. The van der Waals surface area contributed by atoms with E-state index in [1.165, 1.54) is 5.56 Å². The number of aryl methyl sites for hydroxylation is 1. The number of hydrogen-bond donors (Lipinski definition) is 1. The van der Waals surface area contributed by atoms with Gasteiger partial charge in [-0.3, -0.25) is 4.90 Å². The first-order valence-corrected chi connectivity index (χ1v) is 7.28. The number of rotatable bonds is 5. The predicted molar refractivity (Wildman–Crippen MR) is 75.4 cm³/mol. The molecule has 0 radical (unpaired) electrons. The summed E-state index contributed by atoms with van der Waals surface area (Å²) in [6.07, 6.45) is 5.22. The third-order valence-corrected chi connectivity index (χ3v) is 3.93. The molecule has 1 aromatic rings. The van der Waals surface area contributed by atoms with Gasteiger partial charge >= 0.3 is 0 Å². The van der Waals surface area contributed by atoms with E-state index in [0.29, 0.717) is 0 Å². The van der Waals surface area contributed by atoms with Gasteiger partial charge in [0.25, 0.3) is 0 Å². The Morgan fingerprint density at radius 1 is 1.17 bits per heavy atom. The van der Waals surface area contributed by atoms with Crippen LogP contribution in [0.25, 0.3) is 0 Å². The van der Waals surface area contributed by atoms with E-state index in [9.17, 15) is 5.11 Å². The summed E-state index contributed by atoms with van der Waals surface area (Å²) in [6, 6.07) is 8.39. The second kappa shape index (κ2) is 5.85. The summed E-state index contributed by atoms with van der Waals surface area (Å²) < 4.78 is 0. The van der Waals surface area contributed by atoms with Gasteiger partial charge in [-0.1, -0.05) is 38.1 Å². The van der Waals surface area contributed by atoms with Crippen LogP contribution in [0.5, 0.6) is 0 Å². The fourth-order valence-corrected chi connectivity index (χ4v) is 3.14. The predicted octanol–water partition coefficient (Wildman–Crippen LogP) is 3.29. The molecule has 2 nitrogen and oxygen atoms in total. The summed E-state index contributed by atoms with van der Waals surface area (Å²) in [7, 11) is 0. The molecule has 0 fully saturated rings. The molecule has 0 amide bonds. The minimum atomic E-state index is -0.735. The van der Waals surface area contributed by atoms with Gasteiger partial charge in [0.15, 0.2) is 0 Å². The number of benzene rings is 1. The highest BCUT2D eigenvalue weighted by Crippen LogP contribution is 2.38. The van der Waals surface area contributed by atoms with Gasteiger partial charge in [0.1, 0.15) is 5.72 Å². The fourth-order valence-electron chi connectivity index (χ4n) is 3.14. The molecular formula is C16H25NO. The minimum Gasteiger partial charge on any atom is -0.371 e. The molecule has 0 spiro atoms. The molecule has 0 heterocycles. The number of fused-ring (bicyclic) bond motifs is 1. The van der Waals surface area contributed by atoms with Crippen molar-refractivity contribution in [2.45, 2.75) is 51.7 Å². The van der Waals surface area contributed by atoms with E-state index < -0.39 is 5.72 Å². The van der Waals surface area contributed by atoms with Crippen molar-refractivity contribution in [3.63, 3.8) is 0 Å². The van der Waals surface area contributed by atoms with E-state index in [4.69, 9.17) is 0 Å². The Labute approximate surface area is 111 Å². The Morgan fingerprint density at radius 2 is 1.83 bits per heavy atom. The average molecular weight is 247 g/mol. The molecule has 0 saturated carbocycles. The van der Waals surface area contributed by atoms with Gasteiger partial charge in [-0.15, -0.1) is 0 Å². The maximum Gasteiger partial charge on any atom is 0.144 e. The summed E-state index contributed by atoms with van der Waals surface area (Å²) in [6.45, 7) is 6.30. The zero-order chi connectivity index (χ0) is 13.0. The molecule has 1 aromatic carbocycles. The summed E-state index contributed by atoms with van der Waals surface area (Å²) in [5.41, 5.74) is 1.72. The molecule has 1 N–H and O–H groups in total. The lowest BCUT2D eigenvalue weighted by molar-refractivity contribution is -0.128. The van der Waals surface area contributed by atoms with Crippen LogP contribution in [-0.2, 0) is 12.1 Å². The largest absolute Gasteiger partial charge is 0.371 e. The lowest BCUT2D eigenvalue weighted by atomic mass is 9.83. The Kier molecular flexibility index (Phi) is 4.41. The Balaban J connectivity index is 2.34. The van der Waals surface area contributed by atoms with Gasteiger partial charge in [-0.25, -0.2) is 0 Å². The van der Waals surface area contributed by atoms with E-state index in [1.807, 2.05) is 6.07 Å². The van der Waals surface area contributed by atoms with Crippen LogP contribution in [0.3, 0.4) is 0 Å².